The highest BCUT2D eigenvalue weighted by Crippen LogP contribution is 2.29. The van der Waals surface area contributed by atoms with Gasteiger partial charge in [-0.1, -0.05) is 66.7 Å². The van der Waals surface area contributed by atoms with Crippen LogP contribution in [0.15, 0.2) is 90.3 Å². The van der Waals surface area contributed by atoms with E-state index >= 15 is 0 Å². The van der Waals surface area contributed by atoms with E-state index in [4.69, 9.17) is 9.72 Å². The van der Waals surface area contributed by atoms with E-state index in [0.29, 0.717) is 12.3 Å². The minimum Gasteiger partial charge on any atom is -0.410 e. The summed E-state index contributed by atoms with van der Waals surface area (Å²) in [4.78, 5) is 16.7. The van der Waals surface area contributed by atoms with Gasteiger partial charge in [0.15, 0.2) is 0 Å². The Bertz CT molecular complexity index is 1060. The molecular formula is C23H18N2O2S. The van der Waals surface area contributed by atoms with Crippen LogP contribution in [0, 0.1) is 0 Å². The summed E-state index contributed by atoms with van der Waals surface area (Å²) in [6, 6.07) is 27.1. The van der Waals surface area contributed by atoms with Crippen molar-refractivity contribution in [3.8, 4) is 27.6 Å². The van der Waals surface area contributed by atoms with Crippen molar-refractivity contribution in [3.63, 3.8) is 0 Å². The molecule has 1 heterocycles. The van der Waals surface area contributed by atoms with Crippen LogP contribution in [-0.2, 0) is 6.54 Å². The Morgan fingerprint density at radius 1 is 0.893 bits per heavy atom. The van der Waals surface area contributed by atoms with Gasteiger partial charge in [-0.05, 0) is 23.8 Å². The first kappa shape index (κ1) is 17.9. The molecule has 0 radical (unpaired) electrons. The van der Waals surface area contributed by atoms with E-state index in [1.165, 1.54) is 0 Å². The Morgan fingerprint density at radius 2 is 1.61 bits per heavy atom. The number of rotatable bonds is 5. The van der Waals surface area contributed by atoms with E-state index in [9.17, 15) is 4.79 Å². The van der Waals surface area contributed by atoms with Crippen molar-refractivity contribution in [2.75, 3.05) is 0 Å². The summed E-state index contributed by atoms with van der Waals surface area (Å²) < 4.78 is 5.24. The van der Waals surface area contributed by atoms with Crippen LogP contribution in [0.25, 0.3) is 21.8 Å². The van der Waals surface area contributed by atoms with Crippen molar-refractivity contribution in [1.29, 1.82) is 0 Å². The molecule has 0 aliphatic heterocycles. The van der Waals surface area contributed by atoms with Crippen molar-refractivity contribution in [3.05, 3.63) is 95.9 Å². The maximum absolute atomic E-state index is 12.0. The molecule has 1 N–H and O–H groups in total. The lowest BCUT2D eigenvalue weighted by atomic mass is 10.1. The highest BCUT2D eigenvalue weighted by Gasteiger charge is 2.08. The van der Waals surface area contributed by atoms with Gasteiger partial charge >= 0.3 is 6.09 Å². The molecule has 4 nitrogen and oxygen atoms in total. The fraction of sp³-hybridized carbons (Fsp3) is 0.0435. The van der Waals surface area contributed by atoms with Crippen LogP contribution in [0.1, 0.15) is 5.56 Å². The minimum atomic E-state index is -0.475. The van der Waals surface area contributed by atoms with E-state index in [1.807, 2.05) is 60.7 Å². The van der Waals surface area contributed by atoms with Gasteiger partial charge in [0, 0.05) is 23.1 Å². The van der Waals surface area contributed by atoms with E-state index in [-0.39, 0.29) is 0 Å². The van der Waals surface area contributed by atoms with Gasteiger partial charge in [0.2, 0.25) is 0 Å². The monoisotopic (exact) mass is 386 g/mol. The van der Waals surface area contributed by atoms with Crippen LogP contribution < -0.4 is 10.1 Å². The average molecular weight is 386 g/mol. The Morgan fingerprint density at radius 3 is 2.39 bits per heavy atom. The minimum absolute atomic E-state index is 0.385. The van der Waals surface area contributed by atoms with Gasteiger partial charge in [-0.15, -0.1) is 11.3 Å². The molecule has 1 amide bonds. The summed E-state index contributed by atoms with van der Waals surface area (Å²) in [5.74, 6) is 0.518. The second-order valence-corrected chi connectivity index (χ2v) is 7.02. The van der Waals surface area contributed by atoms with E-state index in [2.05, 4.69) is 22.8 Å². The smallest absolute Gasteiger partial charge is 0.410 e. The zero-order chi connectivity index (χ0) is 19.2. The molecular weight excluding hydrogens is 368 g/mol. The van der Waals surface area contributed by atoms with Gasteiger partial charge in [-0.25, -0.2) is 9.78 Å². The third-order valence-corrected chi connectivity index (χ3v) is 5.03. The predicted octanol–water partition coefficient (Wildman–Crippen LogP) is 5.77. The van der Waals surface area contributed by atoms with Crippen LogP contribution in [0.3, 0.4) is 0 Å². The van der Waals surface area contributed by atoms with Crippen molar-refractivity contribution in [1.82, 2.24) is 10.3 Å². The Kier molecular flexibility index (Phi) is 5.45. The number of carbonyl (C=O) groups is 1. The number of ether oxygens (including phenoxy) is 1. The number of hydrogen-bond donors (Lipinski definition) is 1. The first-order valence-corrected chi connectivity index (χ1v) is 9.77. The molecule has 0 saturated heterocycles. The van der Waals surface area contributed by atoms with Crippen molar-refractivity contribution >= 4 is 17.4 Å². The second-order valence-electron chi connectivity index (χ2n) is 6.16. The molecule has 0 atom stereocenters. The number of para-hydroxylation sites is 1. The summed E-state index contributed by atoms with van der Waals surface area (Å²) >= 11 is 1.61. The van der Waals surface area contributed by atoms with Crippen LogP contribution in [-0.4, -0.2) is 11.1 Å². The second kappa shape index (κ2) is 8.50. The van der Waals surface area contributed by atoms with Crippen LogP contribution in [0.4, 0.5) is 4.79 Å². The molecule has 0 aliphatic carbocycles. The average Bonchev–Trinajstić information content (AvgIpc) is 3.24. The van der Waals surface area contributed by atoms with Crippen LogP contribution in [0.2, 0.25) is 0 Å². The van der Waals surface area contributed by atoms with Gasteiger partial charge in [0.05, 0.1) is 5.69 Å². The summed E-state index contributed by atoms with van der Waals surface area (Å²) in [6.07, 6.45) is -0.475. The zero-order valence-electron chi connectivity index (χ0n) is 15.0. The first-order valence-electron chi connectivity index (χ1n) is 8.89. The predicted molar refractivity (Wildman–Crippen MR) is 112 cm³/mol. The Hall–Kier alpha value is -3.44. The summed E-state index contributed by atoms with van der Waals surface area (Å²) in [5, 5.41) is 5.79. The van der Waals surface area contributed by atoms with E-state index in [1.54, 1.807) is 23.5 Å². The molecule has 5 heteroatoms. The molecule has 4 rings (SSSR count). The number of hydrogen-bond acceptors (Lipinski definition) is 4. The molecule has 28 heavy (non-hydrogen) atoms. The topological polar surface area (TPSA) is 51.2 Å². The maximum Gasteiger partial charge on any atom is 0.412 e. The van der Waals surface area contributed by atoms with E-state index in [0.717, 1.165) is 27.4 Å². The highest BCUT2D eigenvalue weighted by molar-refractivity contribution is 7.13. The summed E-state index contributed by atoms with van der Waals surface area (Å²) in [6.45, 7) is 0.385. The number of thiazole rings is 1. The largest absolute Gasteiger partial charge is 0.412 e. The van der Waals surface area contributed by atoms with Gasteiger partial charge in [0.25, 0.3) is 0 Å². The molecule has 0 spiro atoms. The molecule has 0 aliphatic rings. The molecule has 0 saturated carbocycles. The number of nitrogens with zero attached hydrogens (tertiary/aromatic N) is 1. The standard InChI is InChI=1S/C23H18N2O2S/c26-23(27-20-12-5-2-6-13-20)24-15-17-8-7-11-19(14-17)22-25-21(16-28-22)18-9-3-1-4-10-18/h1-14,16H,15H2,(H,24,26). The van der Waals surface area contributed by atoms with Crippen molar-refractivity contribution < 1.29 is 9.53 Å². The number of amides is 1. The maximum atomic E-state index is 12.0. The fourth-order valence-electron chi connectivity index (χ4n) is 2.77. The van der Waals surface area contributed by atoms with Crippen LogP contribution >= 0.6 is 11.3 Å². The van der Waals surface area contributed by atoms with Gasteiger partial charge in [-0.3, -0.25) is 0 Å². The lowest BCUT2D eigenvalue weighted by Crippen LogP contribution is -2.26. The molecule has 4 aromatic rings. The SMILES string of the molecule is O=C(NCc1cccc(-c2nc(-c3ccccc3)cs2)c1)Oc1ccccc1. The first-order chi connectivity index (χ1) is 13.8. The molecule has 138 valence electrons. The zero-order valence-corrected chi connectivity index (χ0v) is 15.9. The quantitative estimate of drug-likeness (QED) is 0.474. The summed E-state index contributed by atoms with van der Waals surface area (Å²) in [5.41, 5.74) is 4.09. The normalized spacial score (nSPS) is 10.4. The Labute approximate surface area is 167 Å². The highest BCUT2D eigenvalue weighted by atomic mass is 32.1. The number of benzene rings is 3. The molecule has 3 aromatic carbocycles. The molecule has 1 aromatic heterocycles. The third-order valence-electron chi connectivity index (χ3n) is 4.14. The van der Waals surface area contributed by atoms with Gasteiger partial charge < -0.3 is 10.1 Å². The lowest BCUT2D eigenvalue weighted by molar-refractivity contribution is 0.200. The number of carbonyl (C=O) groups excluding carboxylic acids is 1. The third kappa shape index (κ3) is 4.45. The number of aromatic nitrogens is 1. The van der Waals surface area contributed by atoms with Crippen molar-refractivity contribution in [2.24, 2.45) is 0 Å². The molecule has 0 bridgehead atoms. The lowest BCUT2D eigenvalue weighted by Gasteiger charge is -2.07. The van der Waals surface area contributed by atoms with Crippen molar-refractivity contribution in [2.45, 2.75) is 6.54 Å². The number of nitrogens with one attached hydrogen (secondary N) is 1. The molecule has 0 unspecified atom stereocenters. The molecule has 0 fully saturated rings. The fourth-order valence-corrected chi connectivity index (χ4v) is 3.59. The Balaban J connectivity index is 1.42. The van der Waals surface area contributed by atoms with Gasteiger partial charge in [0.1, 0.15) is 10.8 Å². The van der Waals surface area contributed by atoms with Crippen LogP contribution in [0.5, 0.6) is 5.75 Å². The van der Waals surface area contributed by atoms with E-state index < -0.39 is 6.09 Å². The van der Waals surface area contributed by atoms with Gasteiger partial charge in [-0.2, -0.15) is 0 Å². The summed E-state index contributed by atoms with van der Waals surface area (Å²) in [7, 11) is 0.